The van der Waals surface area contributed by atoms with E-state index in [0.29, 0.717) is 17.3 Å². The monoisotopic (exact) mass is 246 g/mol. The van der Waals surface area contributed by atoms with Gasteiger partial charge in [-0.05, 0) is 17.2 Å². The van der Waals surface area contributed by atoms with Crippen LogP contribution >= 0.6 is 0 Å². The van der Waals surface area contributed by atoms with Gasteiger partial charge in [0.15, 0.2) is 11.5 Å². The molecule has 0 fully saturated rings. The molecule has 0 saturated carbocycles. The molecule has 8 nitrogen and oxygen atoms in total. The Morgan fingerprint density at radius 2 is 2.17 bits per heavy atom. The van der Waals surface area contributed by atoms with Crippen molar-refractivity contribution in [3.8, 4) is 17.3 Å². The van der Waals surface area contributed by atoms with Gasteiger partial charge < -0.3 is 10.5 Å². The summed E-state index contributed by atoms with van der Waals surface area (Å²) in [6, 6.07) is 1.79. The van der Waals surface area contributed by atoms with Crippen LogP contribution < -0.4 is 10.5 Å². The van der Waals surface area contributed by atoms with Crippen LogP contribution in [0, 0.1) is 6.92 Å². The number of hydrogen-bond acceptors (Lipinski definition) is 7. The highest BCUT2D eigenvalue weighted by Crippen LogP contribution is 2.27. The van der Waals surface area contributed by atoms with E-state index in [-0.39, 0.29) is 5.82 Å². The first-order valence-electron chi connectivity index (χ1n) is 5.18. The lowest BCUT2D eigenvalue weighted by Crippen LogP contribution is -1.93. The molecule has 3 aromatic rings. The van der Waals surface area contributed by atoms with Gasteiger partial charge in [0, 0.05) is 11.6 Å². The Morgan fingerprint density at radius 3 is 2.83 bits per heavy atom. The highest BCUT2D eigenvalue weighted by molar-refractivity contribution is 5.75. The molecule has 3 aromatic heterocycles. The predicted molar refractivity (Wildman–Crippen MR) is 62.0 cm³/mol. The molecule has 0 amide bonds. The topological polar surface area (TPSA) is 104 Å². The SMILES string of the molecule is COc1cc2c(C)c(-c3nonc3N)nn2cn1. The molecule has 92 valence electrons. The van der Waals surface area contributed by atoms with E-state index in [1.807, 2.05) is 6.92 Å². The summed E-state index contributed by atoms with van der Waals surface area (Å²) in [4.78, 5) is 4.07. The fourth-order valence-corrected chi connectivity index (χ4v) is 1.75. The molecule has 0 aliphatic carbocycles. The van der Waals surface area contributed by atoms with Crippen molar-refractivity contribution in [1.82, 2.24) is 24.9 Å². The minimum atomic E-state index is 0.210. The number of fused-ring (bicyclic) bond motifs is 1. The highest BCUT2D eigenvalue weighted by atomic mass is 16.6. The van der Waals surface area contributed by atoms with E-state index in [1.54, 1.807) is 24.0 Å². The molecule has 0 atom stereocenters. The van der Waals surface area contributed by atoms with Crippen LogP contribution in [0.2, 0.25) is 0 Å². The summed E-state index contributed by atoms with van der Waals surface area (Å²) in [5.41, 5.74) is 8.46. The van der Waals surface area contributed by atoms with Gasteiger partial charge in [0.25, 0.3) is 0 Å². The lowest BCUT2D eigenvalue weighted by Gasteiger charge is -1.98. The standard InChI is InChI=1S/C10H10N6O2/c1-5-6-3-7(17-2)12-4-16(6)13-8(5)9-10(11)15-18-14-9/h3-4H,1-2H3,(H2,11,15). The number of aromatic nitrogens is 5. The number of aryl methyl sites for hydroxylation is 1. The summed E-state index contributed by atoms with van der Waals surface area (Å²) in [7, 11) is 1.56. The smallest absolute Gasteiger partial charge is 0.216 e. The number of anilines is 1. The number of nitrogen functional groups attached to an aromatic ring is 1. The third-order valence-electron chi connectivity index (χ3n) is 2.70. The van der Waals surface area contributed by atoms with Crippen LogP contribution in [-0.2, 0) is 0 Å². The normalized spacial score (nSPS) is 11.0. The Bertz CT molecular complexity index is 716. The molecule has 0 aromatic carbocycles. The maximum absolute atomic E-state index is 5.66. The lowest BCUT2D eigenvalue weighted by molar-refractivity contribution is 0.310. The Morgan fingerprint density at radius 1 is 1.33 bits per heavy atom. The van der Waals surface area contributed by atoms with Crippen molar-refractivity contribution in [3.05, 3.63) is 18.0 Å². The summed E-state index contributed by atoms with van der Waals surface area (Å²) in [5, 5.41) is 11.6. The van der Waals surface area contributed by atoms with E-state index in [1.165, 1.54) is 0 Å². The molecule has 3 heterocycles. The van der Waals surface area contributed by atoms with Crippen molar-refractivity contribution in [2.45, 2.75) is 6.92 Å². The van der Waals surface area contributed by atoms with Crippen molar-refractivity contribution >= 4 is 11.3 Å². The molecule has 8 heteroatoms. The number of nitrogens with zero attached hydrogens (tertiary/aromatic N) is 5. The van der Waals surface area contributed by atoms with E-state index in [2.05, 4.69) is 25.0 Å². The first-order valence-corrected chi connectivity index (χ1v) is 5.18. The number of methoxy groups -OCH3 is 1. The van der Waals surface area contributed by atoms with Crippen molar-refractivity contribution in [2.24, 2.45) is 0 Å². The van der Waals surface area contributed by atoms with Gasteiger partial charge in [0.1, 0.15) is 12.0 Å². The number of nitrogens with two attached hydrogens (primary N) is 1. The fourth-order valence-electron chi connectivity index (χ4n) is 1.75. The molecule has 18 heavy (non-hydrogen) atoms. The van der Waals surface area contributed by atoms with Crippen molar-refractivity contribution in [1.29, 1.82) is 0 Å². The minimum absolute atomic E-state index is 0.210. The van der Waals surface area contributed by atoms with Gasteiger partial charge in [0.2, 0.25) is 5.88 Å². The van der Waals surface area contributed by atoms with E-state index in [9.17, 15) is 0 Å². The summed E-state index contributed by atoms with van der Waals surface area (Å²) >= 11 is 0. The summed E-state index contributed by atoms with van der Waals surface area (Å²) in [6.07, 6.45) is 1.56. The summed E-state index contributed by atoms with van der Waals surface area (Å²) in [6.45, 7) is 1.91. The van der Waals surface area contributed by atoms with Crippen LogP contribution in [0.3, 0.4) is 0 Å². The van der Waals surface area contributed by atoms with Crippen LogP contribution in [0.15, 0.2) is 17.0 Å². The van der Waals surface area contributed by atoms with Crippen LogP contribution in [0.25, 0.3) is 16.9 Å². The quantitative estimate of drug-likeness (QED) is 0.708. The van der Waals surface area contributed by atoms with Gasteiger partial charge in [-0.25, -0.2) is 14.1 Å². The average Bonchev–Trinajstić information content (AvgIpc) is 2.93. The molecule has 0 aliphatic heterocycles. The number of hydrogen-bond donors (Lipinski definition) is 1. The molecule has 0 spiro atoms. The first-order chi connectivity index (χ1) is 8.70. The maximum atomic E-state index is 5.66. The second-order valence-corrected chi connectivity index (χ2v) is 3.73. The largest absolute Gasteiger partial charge is 0.481 e. The van der Waals surface area contributed by atoms with Gasteiger partial charge in [-0.1, -0.05) is 0 Å². The Labute approximate surface area is 101 Å². The summed E-state index contributed by atoms with van der Waals surface area (Å²) < 4.78 is 11.3. The van der Waals surface area contributed by atoms with Gasteiger partial charge >= 0.3 is 0 Å². The zero-order valence-electron chi connectivity index (χ0n) is 9.78. The van der Waals surface area contributed by atoms with E-state index >= 15 is 0 Å². The highest BCUT2D eigenvalue weighted by Gasteiger charge is 2.18. The third kappa shape index (κ3) is 1.39. The molecular formula is C10H10N6O2. The molecule has 0 aliphatic rings. The molecule has 0 saturated heterocycles. The van der Waals surface area contributed by atoms with Crippen LogP contribution in [0.5, 0.6) is 5.88 Å². The maximum Gasteiger partial charge on any atom is 0.216 e. The molecular weight excluding hydrogens is 236 g/mol. The second kappa shape index (κ2) is 3.69. The Hall–Kier alpha value is -2.64. The van der Waals surface area contributed by atoms with Gasteiger partial charge in [0.05, 0.1) is 12.6 Å². The van der Waals surface area contributed by atoms with Crippen LogP contribution in [-0.4, -0.2) is 32.0 Å². The van der Waals surface area contributed by atoms with E-state index < -0.39 is 0 Å². The lowest BCUT2D eigenvalue weighted by atomic mass is 10.2. The van der Waals surface area contributed by atoms with Crippen LogP contribution in [0.4, 0.5) is 5.82 Å². The summed E-state index contributed by atoms with van der Waals surface area (Å²) in [5.74, 6) is 0.727. The third-order valence-corrected chi connectivity index (χ3v) is 2.70. The minimum Gasteiger partial charge on any atom is -0.481 e. The van der Waals surface area contributed by atoms with Gasteiger partial charge in [-0.15, -0.1) is 0 Å². The molecule has 3 rings (SSSR count). The first kappa shape index (κ1) is 10.5. The fraction of sp³-hybridized carbons (Fsp3) is 0.200. The average molecular weight is 246 g/mol. The number of ether oxygens (including phenoxy) is 1. The van der Waals surface area contributed by atoms with Crippen molar-refractivity contribution < 1.29 is 9.37 Å². The zero-order chi connectivity index (χ0) is 12.7. The predicted octanol–water partition coefficient (Wildman–Crippen LogP) is 0.679. The molecule has 0 radical (unpaired) electrons. The number of rotatable bonds is 2. The van der Waals surface area contributed by atoms with E-state index in [4.69, 9.17) is 10.5 Å². The van der Waals surface area contributed by atoms with Gasteiger partial charge in [-0.2, -0.15) is 5.10 Å². The molecule has 0 unspecified atom stereocenters. The van der Waals surface area contributed by atoms with Crippen molar-refractivity contribution in [2.75, 3.05) is 12.8 Å². The Kier molecular flexibility index (Phi) is 2.15. The Balaban J connectivity index is 2.26. The van der Waals surface area contributed by atoms with Crippen LogP contribution in [0.1, 0.15) is 5.56 Å². The second-order valence-electron chi connectivity index (χ2n) is 3.73. The van der Waals surface area contributed by atoms with Crippen molar-refractivity contribution in [3.63, 3.8) is 0 Å². The zero-order valence-corrected chi connectivity index (χ0v) is 9.78. The van der Waals surface area contributed by atoms with E-state index in [0.717, 1.165) is 11.1 Å². The van der Waals surface area contributed by atoms with Gasteiger partial charge in [-0.3, -0.25) is 0 Å². The molecule has 0 bridgehead atoms. The molecule has 2 N–H and O–H groups in total.